The lowest BCUT2D eigenvalue weighted by Gasteiger charge is -2.36. The Morgan fingerprint density at radius 3 is 2.16 bits per heavy atom. The highest BCUT2D eigenvalue weighted by Crippen LogP contribution is 2.88. The Kier molecular flexibility index (Phi) is 13.5. The maximum Gasteiger partial charge on any atom is 0.410 e. The molecule has 0 bridgehead atoms. The first-order valence-electron chi connectivity index (χ1n) is 24.2. The van der Waals surface area contributed by atoms with Crippen LogP contribution in [0.1, 0.15) is 129 Å². The van der Waals surface area contributed by atoms with Crippen LogP contribution in [0.5, 0.6) is 0 Å². The summed E-state index contributed by atoms with van der Waals surface area (Å²) >= 11 is 0. The Balaban J connectivity index is 1.06. The molecule has 1 unspecified atom stereocenters. The molecule has 0 aromatic carbocycles. The van der Waals surface area contributed by atoms with Gasteiger partial charge in [-0.15, -0.1) is 6.58 Å². The molecule has 0 radical (unpaired) electrons. The smallest absolute Gasteiger partial charge is 0.410 e. The van der Waals surface area contributed by atoms with Gasteiger partial charge in [-0.3, -0.25) is 28.9 Å². The molecule has 4 saturated carbocycles. The van der Waals surface area contributed by atoms with Gasteiger partial charge >= 0.3 is 16.3 Å². The number of ether oxygens (including phenoxy) is 2. The molecule has 15 nitrogen and oxygen atoms in total. The van der Waals surface area contributed by atoms with E-state index in [1.165, 1.54) is 9.21 Å². The number of hydrogen-bond donors (Lipinski definition) is 2. The molecule has 2 N–H and O–H groups in total. The molecular weight excluding hydrogens is 846 g/mol. The number of nitrogens with one attached hydrogen (secondary N) is 2. The summed E-state index contributed by atoms with van der Waals surface area (Å²) in [5.74, 6) is -3.58. The van der Waals surface area contributed by atoms with Crippen LogP contribution >= 0.6 is 0 Å². The molecule has 8 aliphatic rings. The van der Waals surface area contributed by atoms with Crippen molar-refractivity contribution in [2.45, 2.75) is 148 Å². The topological polar surface area (TPSA) is 189 Å². The van der Waals surface area contributed by atoms with Crippen LogP contribution in [0.2, 0.25) is 0 Å². The number of hydrogen-bond acceptors (Lipinski definition) is 10. The standard InChI is InChI=1S/C47H70FN5O10S/c1-4-33-27-45(33,42(58)50-64(60,61)51-20-8-9-21-51)29-38(55)36-28-47(44(2,3)46(47)17-11-18-46)30-53(36)41(57)34(31-15-23-62-24-16-31)26-37(54)39(32-12-6-5-7-13-32)49-40(56)35-14-10-22-52(35)43(59)63-25-19-48/h4,31-36,39H,1,5-30H2,2-3H3,(H,49,56)(H,50,58)/t33-,34+,35+,36+,39?,45-,47-/m1/s1. The van der Waals surface area contributed by atoms with E-state index in [-0.39, 0.29) is 71.4 Å². The van der Waals surface area contributed by atoms with E-state index in [1.807, 2.05) is 0 Å². The minimum Gasteiger partial charge on any atom is -0.447 e. The fourth-order valence-corrected chi connectivity index (χ4v) is 15.0. The van der Waals surface area contributed by atoms with E-state index in [4.69, 9.17) is 9.47 Å². The number of likely N-dealkylation sites (tertiary alicyclic amines) is 2. The summed E-state index contributed by atoms with van der Waals surface area (Å²) in [5, 5.41) is 3.05. The summed E-state index contributed by atoms with van der Waals surface area (Å²) in [4.78, 5) is 89.4. The van der Waals surface area contributed by atoms with Gasteiger partial charge in [-0.1, -0.05) is 45.6 Å². The summed E-state index contributed by atoms with van der Waals surface area (Å²) in [6, 6.07) is -2.63. The summed E-state index contributed by atoms with van der Waals surface area (Å²) in [6.07, 6.45) is 11.9. The number of allylic oxidation sites excluding steroid dienone is 1. The monoisotopic (exact) mass is 915 g/mol. The molecule has 0 aromatic heterocycles. The molecule has 0 aromatic rings. The average Bonchev–Trinajstić information content (AvgIpc) is 3.68. The second-order valence-electron chi connectivity index (χ2n) is 21.0. The van der Waals surface area contributed by atoms with Gasteiger partial charge in [-0.25, -0.2) is 13.9 Å². The molecule has 4 aliphatic carbocycles. The number of fused-ring (bicyclic) bond motifs is 1. The van der Waals surface area contributed by atoms with Gasteiger partial charge in [0.05, 0.1) is 17.5 Å². The van der Waals surface area contributed by atoms with Crippen LogP contribution in [0, 0.1) is 45.3 Å². The third kappa shape index (κ3) is 8.23. The van der Waals surface area contributed by atoms with Crippen molar-refractivity contribution < 1.29 is 51.0 Å². The lowest BCUT2D eigenvalue weighted by Crippen LogP contribution is -2.54. The van der Waals surface area contributed by atoms with Crippen LogP contribution in [0.4, 0.5) is 9.18 Å². The van der Waals surface area contributed by atoms with Gasteiger partial charge in [0.1, 0.15) is 19.3 Å². The number of amides is 4. The van der Waals surface area contributed by atoms with E-state index >= 15 is 9.59 Å². The van der Waals surface area contributed by atoms with Crippen molar-refractivity contribution in [3.63, 3.8) is 0 Å². The first kappa shape index (κ1) is 47.1. The first-order valence-corrected chi connectivity index (χ1v) is 25.7. The molecule has 8 rings (SSSR count). The number of rotatable bonds is 17. The highest BCUT2D eigenvalue weighted by molar-refractivity contribution is 7.87. The van der Waals surface area contributed by atoms with Crippen molar-refractivity contribution in [1.82, 2.24) is 24.1 Å². The van der Waals surface area contributed by atoms with E-state index in [2.05, 4.69) is 30.5 Å². The molecule has 4 aliphatic heterocycles. The largest absolute Gasteiger partial charge is 0.447 e. The van der Waals surface area contributed by atoms with Gasteiger partial charge in [-0.05, 0) is 106 Å². The van der Waals surface area contributed by atoms with Gasteiger partial charge in [0.25, 0.3) is 0 Å². The molecule has 2 spiro atoms. The molecule has 4 heterocycles. The predicted molar refractivity (Wildman–Crippen MR) is 233 cm³/mol. The van der Waals surface area contributed by atoms with Crippen molar-refractivity contribution in [2.24, 2.45) is 45.3 Å². The lowest BCUT2D eigenvalue weighted by atomic mass is 9.73. The Morgan fingerprint density at radius 2 is 1.55 bits per heavy atom. The highest BCUT2D eigenvalue weighted by Gasteiger charge is 2.85. The van der Waals surface area contributed by atoms with E-state index < -0.39 is 76.8 Å². The molecule has 8 fully saturated rings. The highest BCUT2D eigenvalue weighted by atomic mass is 32.2. The van der Waals surface area contributed by atoms with Crippen LogP contribution in [0.25, 0.3) is 0 Å². The maximum absolute atomic E-state index is 15.6. The fraction of sp³-hybridized carbons (Fsp3) is 0.830. The molecule has 17 heteroatoms. The lowest BCUT2D eigenvalue weighted by molar-refractivity contribution is -0.146. The van der Waals surface area contributed by atoms with Gasteiger partial charge in [0.15, 0.2) is 11.6 Å². The van der Waals surface area contributed by atoms with E-state index in [9.17, 15) is 32.0 Å². The van der Waals surface area contributed by atoms with Crippen LogP contribution < -0.4 is 10.0 Å². The Morgan fingerprint density at radius 1 is 0.844 bits per heavy atom. The van der Waals surface area contributed by atoms with Crippen LogP contribution in [-0.4, -0.2) is 129 Å². The zero-order valence-corrected chi connectivity index (χ0v) is 38.7. The first-order chi connectivity index (χ1) is 30.6. The minimum atomic E-state index is -4.10. The number of nitrogens with zero attached hydrogens (tertiary/aromatic N) is 3. The van der Waals surface area contributed by atoms with Gasteiger partial charge < -0.3 is 19.7 Å². The molecule has 4 amide bonds. The van der Waals surface area contributed by atoms with Gasteiger partial charge in [-0.2, -0.15) is 12.7 Å². The van der Waals surface area contributed by atoms with E-state index in [0.29, 0.717) is 77.8 Å². The molecule has 4 saturated heterocycles. The molecule has 64 heavy (non-hydrogen) atoms. The SMILES string of the molecule is C=C[C@@H]1C[C@]1(CC(=O)[C@@H]1C[C@@]2(CN1C(=O)[C@@H](CC(=O)C(NC(=O)[C@@H]1CCCN1C(=O)OCCF)C1CCCCC1)C1CCOCC1)C(C)(C)C21CCC1)C(=O)NS(=O)(=O)N1CCCC1. The van der Waals surface area contributed by atoms with Gasteiger partial charge in [0.2, 0.25) is 17.7 Å². The zero-order chi connectivity index (χ0) is 45.7. The normalized spacial score (nSPS) is 32.1. The van der Waals surface area contributed by atoms with Crippen molar-refractivity contribution >= 4 is 45.6 Å². The summed E-state index contributed by atoms with van der Waals surface area (Å²) in [6.45, 7) is 9.24. The Labute approximate surface area is 377 Å². The fourth-order valence-electron chi connectivity index (χ4n) is 13.7. The summed E-state index contributed by atoms with van der Waals surface area (Å²) < 4.78 is 53.7. The molecule has 7 atom stereocenters. The molecular formula is C47H70FN5O10S. The number of ketones is 2. The number of carbonyl (C=O) groups excluding carboxylic acids is 6. The Bertz CT molecular complexity index is 1960. The van der Waals surface area contributed by atoms with Crippen LogP contribution in [0.15, 0.2) is 12.7 Å². The van der Waals surface area contributed by atoms with E-state index in [1.54, 1.807) is 11.0 Å². The summed E-state index contributed by atoms with van der Waals surface area (Å²) in [5.41, 5.74) is -1.81. The van der Waals surface area contributed by atoms with Crippen molar-refractivity contribution in [3.05, 3.63) is 12.7 Å². The summed E-state index contributed by atoms with van der Waals surface area (Å²) in [7, 11) is -4.10. The Hall–Kier alpha value is -3.44. The third-order valence-corrected chi connectivity index (χ3v) is 19.4. The number of alkyl halides is 1. The number of Topliss-reactive ketones (excluding diaryl/α,β-unsaturated/α-hetero) is 2. The van der Waals surface area contributed by atoms with Crippen molar-refractivity contribution in [1.29, 1.82) is 0 Å². The number of halogens is 1. The minimum absolute atomic E-state index is 0.0254. The molecule has 356 valence electrons. The average molecular weight is 916 g/mol. The zero-order valence-electron chi connectivity index (χ0n) is 37.9. The number of carbonyl (C=O) groups is 6. The predicted octanol–water partition coefficient (Wildman–Crippen LogP) is 5.03. The second kappa shape index (κ2) is 18.3. The third-order valence-electron chi connectivity index (χ3n) is 17.9. The van der Waals surface area contributed by atoms with Crippen molar-refractivity contribution in [3.8, 4) is 0 Å². The van der Waals surface area contributed by atoms with Crippen LogP contribution in [-0.2, 0) is 43.7 Å². The second-order valence-corrected chi connectivity index (χ2v) is 22.7. The van der Waals surface area contributed by atoms with Crippen molar-refractivity contribution in [2.75, 3.05) is 52.7 Å². The van der Waals surface area contributed by atoms with Gasteiger partial charge in [0, 0.05) is 63.6 Å². The van der Waals surface area contributed by atoms with Crippen LogP contribution in [0.3, 0.4) is 0 Å². The quantitative estimate of drug-likeness (QED) is 0.188. The van der Waals surface area contributed by atoms with E-state index in [0.717, 1.165) is 51.4 Å². The maximum atomic E-state index is 15.6.